The summed E-state index contributed by atoms with van der Waals surface area (Å²) in [6.45, 7) is 5.74. The van der Waals surface area contributed by atoms with Gasteiger partial charge in [-0.1, -0.05) is 23.9 Å². The molecule has 0 atom stereocenters. The third kappa shape index (κ3) is 3.98. The third-order valence-corrected chi connectivity index (χ3v) is 4.57. The standard InChI is InChI=1S/C17H22N6O2S/c1-17(2,3)19-13(24)9-22(4)14(25)10-26-16-21-20-15-18-11-7-5-6-8-12(11)23(15)16/h5-8H,9-10H2,1-4H3,(H,18,20)(H,19,24). The van der Waals surface area contributed by atoms with Crippen molar-refractivity contribution in [3.05, 3.63) is 24.3 Å². The van der Waals surface area contributed by atoms with E-state index in [0.717, 1.165) is 11.0 Å². The van der Waals surface area contributed by atoms with Crippen LogP contribution in [0.25, 0.3) is 16.8 Å². The molecule has 0 saturated carbocycles. The Morgan fingerprint density at radius 3 is 2.77 bits per heavy atom. The number of aromatic amines is 1. The Balaban J connectivity index is 1.64. The lowest BCUT2D eigenvalue weighted by molar-refractivity contribution is -0.133. The van der Waals surface area contributed by atoms with Gasteiger partial charge in [-0.2, -0.15) is 0 Å². The van der Waals surface area contributed by atoms with Crippen molar-refractivity contribution >= 4 is 40.4 Å². The van der Waals surface area contributed by atoms with E-state index in [1.54, 1.807) is 7.05 Å². The highest BCUT2D eigenvalue weighted by Crippen LogP contribution is 2.22. The van der Waals surface area contributed by atoms with Crippen molar-refractivity contribution in [1.82, 2.24) is 29.8 Å². The zero-order chi connectivity index (χ0) is 18.9. The highest BCUT2D eigenvalue weighted by molar-refractivity contribution is 7.99. The second-order valence-electron chi connectivity index (χ2n) is 7.10. The molecule has 138 valence electrons. The molecule has 0 unspecified atom stereocenters. The van der Waals surface area contributed by atoms with Crippen LogP contribution < -0.4 is 5.32 Å². The van der Waals surface area contributed by atoms with E-state index in [2.05, 4.69) is 20.5 Å². The Morgan fingerprint density at radius 2 is 2.04 bits per heavy atom. The first-order valence-corrected chi connectivity index (χ1v) is 9.22. The minimum atomic E-state index is -0.321. The molecule has 2 aromatic heterocycles. The number of carbonyl (C=O) groups is 2. The van der Waals surface area contributed by atoms with Crippen LogP contribution in [0.15, 0.2) is 29.4 Å². The molecular weight excluding hydrogens is 352 g/mol. The summed E-state index contributed by atoms with van der Waals surface area (Å²) in [6, 6.07) is 7.75. The van der Waals surface area contributed by atoms with Gasteiger partial charge in [-0.05, 0) is 32.9 Å². The normalized spacial score (nSPS) is 11.8. The molecular formula is C17H22N6O2S. The molecule has 1 aromatic carbocycles. The number of likely N-dealkylation sites (N-methyl/N-ethyl adjacent to an activating group) is 1. The van der Waals surface area contributed by atoms with Gasteiger partial charge in [-0.25, -0.2) is 10.1 Å². The van der Waals surface area contributed by atoms with E-state index in [-0.39, 0.29) is 29.7 Å². The van der Waals surface area contributed by atoms with Gasteiger partial charge in [0.05, 0.1) is 23.3 Å². The number of nitrogens with one attached hydrogen (secondary N) is 2. The quantitative estimate of drug-likeness (QED) is 0.663. The summed E-state index contributed by atoms with van der Waals surface area (Å²) in [4.78, 5) is 30.2. The van der Waals surface area contributed by atoms with Gasteiger partial charge in [0.15, 0.2) is 5.16 Å². The van der Waals surface area contributed by atoms with Gasteiger partial charge < -0.3 is 10.2 Å². The summed E-state index contributed by atoms with van der Waals surface area (Å²) in [6.07, 6.45) is 0. The zero-order valence-electron chi connectivity index (χ0n) is 15.2. The Kier molecular flexibility index (Phi) is 4.90. The van der Waals surface area contributed by atoms with Crippen LogP contribution in [-0.2, 0) is 9.59 Å². The van der Waals surface area contributed by atoms with Gasteiger partial charge in [-0.15, -0.1) is 5.10 Å². The lowest BCUT2D eigenvalue weighted by Crippen LogP contribution is -2.46. The van der Waals surface area contributed by atoms with E-state index >= 15 is 0 Å². The number of carbonyl (C=O) groups excluding carboxylic acids is 2. The predicted molar refractivity (Wildman–Crippen MR) is 101 cm³/mol. The average molecular weight is 374 g/mol. The van der Waals surface area contributed by atoms with Crippen LogP contribution in [-0.4, -0.2) is 61.2 Å². The zero-order valence-corrected chi connectivity index (χ0v) is 16.1. The Labute approximate surface area is 155 Å². The van der Waals surface area contributed by atoms with E-state index in [4.69, 9.17) is 0 Å². The fourth-order valence-electron chi connectivity index (χ4n) is 2.54. The summed E-state index contributed by atoms with van der Waals surface area (Å²) < 4.78 is 1.89. The average Bonchev–Trinajstić information content (AvgIpc) is 3.09. The number of para-hydroxylation sites is 2. The van der Waals surface area contributed by atoms with Crippen molar-refractivity contribution in [3.8, 4) is 0 Å². The van der Waals surface area contributed by atoms with Crippen LogP contribution in [0.2, 0.25) is 0 Å². The molecule has 2 heterocycles. The fraction of sp³-hybridized carbons (Fsp3) is 0.412. The van der Waals surface area contributed by atoms with Crippen LogP contribution in [0.4, 0.5) is 0 Å². The van der Waals surface area contributed by atoms with Crippen molar-refractivity contribution in [3.63, 3.8) is 0 Å². The number of amides is 2. The molecule has 0 aliphatic carbocycles. The topological polar surface area (TPSA) is 95.4 Å². The predicted octanol–water partition coefficient (Wildman–Crippen LogP) is 1.68. The molecule has 0 bridgehead atoms. The molecule has 26 heavy (non-hydrogen) atoms. The van der Waals surface area contributed by atoms with E-state index in [1.165, 1.54) is 16.7 Å². The first kappa shape index (κ1) is 18.2. The highest BCUT2D eigenvalue weighted by atomic mass is 32.2. The summed E-state index contributed by atoms with van der Waals surface area (Å²) in [5.74, 6) is 0.506. The molecule has 3 aromatic rings. The van der Waals surface area contributed by atoms with Crippen LogP contribution in [0.3, 0.4) is 0 Å². The van der Waals surface area contributed by atoms with E-state index in [1.807, 2.05) is 49.4 Å². The van der Waals surface area contributed by atoms with Crippen LogP contribution in [0.5, 0.6) is 0 Å². The van der Waals surface area contributed by atoms with Crippen LogP contribution >= 0.6 is 11.8 Å². The molecule has 0 radical (unpaired) electrons. The van der Waals surface area contributed by atoms with Gasteiger partial charge in [-0.3, -0.25) is 14.0 Å². The van der Waals surface area contributed by atoms with Gasteiger partial charge >= 0.3 is 0 Å². The lowest BCUT2D eigenvalue weighted by Gasteiger charge is -2.23. The first-order valence-electron chi connectivity index (χ1n) is 8.24. The number of hydrogen-bond acceptors (Lipinski definition) is 5. The Hall–Kier alpha value is -2.55. The number of nitrogens with zero attached hydrogens (tertiary/aromatic N) is 4. The summed E-state index contributed by atoms with van der Waals surface area (Å²) in [5.41, 5.74) is 1.48. The minimum absolute atomic E-state index is 0.0284. The van der Waals surface area contributed by atoms with Crippen molar-refractivity contribution in [2.45, 2.75) is 31.5 Å². The SMILES string of the molecule is CN(CC(=O)NC(C)(C)C)C(=O)CSc1n[nH]c2nc3ccccc3n12. The number of fused-ring (bicyclic) bond motifs is 3. The second kappa shape index (κ2) is 6.99. The van der Waals surface area contributed by atoms with Crippen molar-refractivity contribution in [2.75, 3.05) is 19.3 Å². The maximum absolute atomic E-state index is 12.3. The monoisotopic (exact) mass is 374 g/mol. The number of aromatic nitrogens is 4. The Bertz CT molecular complexity index is 955. The first-order chi connectivity index (χ1) is 12.2. The number of hydrogen-bond donors (Lipinski definition) is 2. The maximum Gasteiger partial charge on any atom is 0.240 e. The summed E-state index contributed by atoms with van der Waals surface area (Å²) in [7, 11) is 1.62. The van der Waals surface area contributed by atoms with Crippen LogP contribution in [0, 0.1) is 0 Å². The second-order valence-corrected chi connectivity index (χ2v) is 8.04. The molecule has 2 amide bonds. The number of benzene rings is 1. The largest absolute Gasteiger partial charge is 0.350 e. The van der Waals surface area contributed by atoms with Gasteiger partial charge in [0.1, 0.15) is 0 Å². The summed E-state index contributed by atoms with van der Waals surface area (Å²) >= 11 is 1.31. The number of imidazole rings is 1. The molecule has 0 spiro atoms. The number of H-pyrrole nitrogens is 1. The molecule has 0 aliphatic rings. The molecule has 3 rings (SSSR count). The van der Waals surface area contributed by atoms with Crippen molar-refractivity contribution in [2.24, 2.45) is 0 Å². The lowest BCUT2D eigenvalue weighted by atomic mass is 10.1. The maximum atomic E-state index is 12.3. The van der Waals surface area contributed by atoms with Gasteiger partial charge in [0.2, 0.25) is 17.6 Å². The smallest absolute Gasteiger partial charge is 0.240 e. The van der Waals surface area contributed by atoms with Crippen LogP contribution in [0.1, 0.15) is 20.8 Å². The summed E-state index contributed by atoms with van der Waals surface area (Å²) in [5, 5.41) is 10.6. The molecule has 0 fully saturated rings. The van der Waals surface area contributed by atoms with E-state index < -0.39 is 0 Å². The molecule has 0 saturated heterocycles. The van der Waals surface area contributed by atoms with E-state index in [9.17, 15) is 9.59 Å². The van der Waals surface area contributed by atoms with Crippen molar-refractivity contribution < 1.29 is 9.59 Å². The van der Waals surface area contributed by atoms with Gasteiger partial charge in [0, 0.05) is 12.6 Å². The third-order valence-electron chi connectivity index (χ3n) is 3.65. The molecule has 8 nitrogen and oxygen atoms in total. The Morgan fingerprint density at radius 1 is 1.31 bits per heavy atom. The molecule has 2 N–H and O–H groups in total. The van der Waals surface area contributed by atoms with Gasteiger partial charge in [0.25, 0.3) is 0 Å². The van der Waals surface area contributed by atoms with Crippen molar-refractivity contribution in [1.29, 1.82) is 0 Å². The fourth-order valence-corrected chi connectivity index (χ4v) is 3.43. The molecule has 0 aliphatic heterocycles. The number of rotatable bonds is 5. The van der Waals surface area contributed by atoms with E-state index in [0.29, 0.717) is 10.9 Å². The highest BCUT2D eigenvalue weighted by Gasteiger charge is 2.19. The minimum Gasteiger partial charge on any atom is -0.350 e. The number of thioether (sulfide) groups is 1. The molecule has 9 heteroatoms.